The van der Waals surface area contributed by atoms with Crippen LogP contribution in [0.15, 0.2) is 11.2 Å². The Morgan fingerprint density at radius 3 is 2.91 bits per heavy atom. The Labute approximate surface area is 134 Å². The summed E-state index contributed by atoms with van der Waals surface area (Å²) in [5.41, 5.74) is 5.35. The minimum absolute atomic E-state index is 0.0443. The van der Waals surface area contributed by atoms with Crippen molar-refractivity contribution in [1.82, 2.24) is 19.4 Å². The SMILES string of the molecule is Cn1ncc(Cl)c1S(=O)(=O)N1CCCC(C(=O)NCCN)C1. The Morgan fingerprint density at radius 2 is 2.32 bits per heavy atom. The predicted molar refractivity (Wildman–Crippen MR) is 81.8 cm³/mol. The molecule has 0 radical (unpaired) electrons. The van der Waals surface area contributed by atoms with Crippen LogP contribution in [-0.2, 0) is 21.9 Å². The van der Waals surface area contributed by atoms with Crippen molar-refractivity contribution in [3.05, 3.63) is 11.2 Å². The molecule has 0 saturated carbocycles. The number of hydrogen-bond acceptors (Lipinski definition) is 5. The van der Waals surface area contributed by atoms with Crippen LogP contribution in [0.2, 0.25) is 5.02 Å². The molecule has 22 heavy (non-hydrogen) atoms. The Balaban J connectivity index is 2.17. The van der Waals surface area contributed by atoms with Crippen molar-refractivity contribution in [2.75, 3.05) is 26.2 Å². The van der Waals surface area contributed by atoms with Gasteiger partial charge in [-0.25, -0.2) is 8.42 Å². The van der Waals surface area contributed by atoms with Gasteiger partial charge in [-0.05, 0) is 12.8 Å². The van der Waals surface area contributed by atoms with Crippen molar-refractivity contribution in [3.63, 3.8) is 0 Å². The largest absolute Gasteiger partial charge is 0.355 e. The molecule has 1 amide bonds. The molecule has 8 nitrogen and oxygen atoms in total. The summed E-state index contributed by atoms with van der Waals surface area (Å²) in [7, 11) is -2.25. The minimum Gasteiger partial charge on any atom is -0.355 e. The number of rotatable bonds is 5. The molecule has 0 bridgehead atoms. The molecule has 10 heteroatoms. The van der Waals surface area contributed by atoms with Gasteiger partial charge in [-0.15, -0.1) is 0 Å². The van der Waals surface area contributed by atoms with E-state index in [0.717, 1.165) is 0 Å². The van der Waals surface area contributed by atoms with Crippen LogP contribution < -0.4 is 11.1 Å². The van der Waals surface area contributed by atoms with Gasteiger partial charge >= 0.3 is 0 Å². The number of piperidine rings is 1. The van der Waals surface area contributed by atoms with Crippen LogP contribution in [0.5, 0.6) is 0 Å². The fraction of sp³-hybridized carbons (Fsp3) is 0.667. The highest BCUT2D eigenvalue weighted by Gasteiger charge is 2.35. The summed E-state index contributed by atoms with van der Waals surface area (Å²) in [5.74, 6) is -0.538. The van der Waals surface area contributed by atoms with Crippen LogP contribution in [0.3, 0.4) is 0 Å². The van der Waals surface area contributed by atoms with E-state index in [9.17, 15) is 13.2 Å². The number of nitrogens with one attached hydrogen (secondary N) is 1. The lowest BCUT2D eigenvalue weighted by molar-refractivity contribution is -0.126. The van der Waals surface area contributed by atoms with Gasteiger partial charge in [0.05, 0.1) is 17.1 Å². The lowest BCUT2D eigenvalue weighted by Gasteiger charge is -2.31. The third-order valence-corrected chi connectivity index (χ3v) is 6.00. The molecule has 1 atom stereocenters. The van der Waals surface area contributed by atoms with E-state index in [1.807, 2.05) is 0 Å². The first-order valence-corrected chi connectivity index (χ1v) is 8.85. The molecule has 0 aliphatic carbocycles. The lowest BCUT2D eigenvalue weighted by Crippen LogP contribution is -2.46. The Hall–Kier alpha value is -1.16. The van der Waals surface area contributed by atoms with E-state index < -0.39 is 10.0 Å². The maximum absolute atomic E-state index is 12.7. The standard InChI is InChI=1S/C12H20ClN5O3S/c1-17-12(10(13)7-16-17)22(20,21)18-6-2-3-9(8-18)11(19)15-5-4-14/h7,9H,2-6,8,14H2,1H3,(H,15,19). The van der Waals surface area contributed by atoms with Gasteiger partial charge in [0, 0.05) is 33.2 Å². The monoisotopic (exact) mass is 349 g/mol. The number of aryl methyl sites for hydroxylation is 1. The summed E-state index contributed by atoms with van der Waals surface area (Å²) < 4.78 is 27.9. The van der Waals surface area contributed by atoms with Gasteiger partial charge in [-0.2, -0.15) is 9.40 Å². The number of nitrogens with zero attached hydrogens (tertiary/aromatic N) is 3. The Morgan fingerprint density at radius 1 is 1.59 bits per heavy atom. The summed E-state index contributed by atoms with van der Waals surface area (Å²) >= 11 is 5.93. The molecule has 0 spiro atoms. The van der Waals surface area contributed by atoms with Gasteiger partial charge in [0.25, 0.3) is 10.0 Å². The first-order valence-electron chi connectivity index (χ1n) is 7.03. The normalized spacial score (nSPS) is 20.0. The van der Waals surface area contributed by atoms with Crippen molar-refractivity contribution >= 4 is 27.5 Å². The zero-order chi connectivity index (χ0) is 16.3. The van der Waals surface area contributed by atoms with Gasteiger partial charge < -0.3 is 11.1 Å². The number of aromatic nitrogens is 2. The van der Waals surface area contributed by atoms with Gasteiger partial charge in [-0.3, -0.25) is 9.48 Å². The van der Waals surface area contributed by atoms with E-state index >= 15 is 0 Å². The number of halogens is 1. The second kappa shape index (κ2) is 6.95. The average Bonchev–Trinajstić information content (AvgIpc) is 2.84. The average molecular weight is 350 g/mol. The molecule has 1 aromatic heterocycles. The third kappa shape index (κ3) is 3.43. The summed E-state index contributed by atoms with van der Waals surface area (Å²) in [4.78, 5) is 12.0. The molecule has 1 saturated heterocycles. The number of sulfonamides is 1. The smallest absolute Gasteiger partial charge is 0.261 e. The Kier molecular flexibility index (Phi) is 5.43. The maximum Gasteiger partial charge on any atom is 0.261 e. The van der Waals surface area contributed by atoms with Crippen LogP contribution in [-0.4, -0.2) is 54.6 Å². The Bertz CT molecular complexity index is 626. The third-order valence-electron chi connectivity index (χ3n) is 3.63. The van der Waals surface area contributed by atoms with Crippen molar-refractivity contribution in [1.29, 1.82) is 0 Å². The van der Waals surface area contributed by atoms with Crippen LogP contribution in [0, 0.1) is 5.92 Å². The second-order valence-electron chi connectivity index (χ2n) is 5.20. The van der Waals surface area contributed by atoms with Gasteiger partial charge in [-0.1, -0.05) is 11.6 Å². The highest BCUT2D eigenvalue weighted by molar-refractivity contribution is 7.89. The van der Waals surface area contributed by atoms with Gasteiger partial charge in [0.2, 0.25) is 5.91 Å². The maximum atomic E-state index is 12.7. The number of amides is 1. The summed E-state index contributed by atoms with van der Waals surface area (Å²) in [5, 5.41) is 6.60. The highest BCUT2D eigenvalue weighted by Crippen LogP contribution is 2.27. The molecule has 2 heterocycles. The van der Waals surface area contributed by atoms with Gasteiger partial charge in [0.1, 0.15) is 0 Å². The molecule has 1 unspecified atom stereocenters. The van der Waals surface area contributed by atoms with Gasteiger partial charge in [0.15, 0.2) is 5.03 Å². The molecule has 1 fully saturated rings. The fourth-order valence-electron chi connectivity index (χ4n) is 2.53. The zero-order valence-corrected chi connectivity index (χ0v) is 13.9. The second-order valence-corrected chi connectivity index (χ2v) is 7.46. The number of carbonyl (C=O) groups is 1. The highest BCUT2D eigenvalue weighted by atomic mass is 35.5. The van der Waals surface area contributed by atoms with Crippen LogP contribution in [0.1, 0.15) is 12.8 Å². The first-order chi connectivity index (χ1) is 10.4. The molecule has 1 aliphatic heterocycles. The predicted octanol–water partition coefficient (Wildman–Crippen LogP) is -0.451. The fourth-order valence-corrected chi connectivity index (χ4v) is 4.66. The summed E-state index contributed by atoms with van der Waals surface area (Å²) in [6.07, 6.45) is 2.57. The van der Waals surface area contributed by atoms with Crippen LogP contribution in [0.4, 0.5) is 0 Å². The van der Waals surface area contributed by atoms with E-state index in [1.54, 1.807) is 0 Å². The minimum atomic E-state index is -3.77. The molecule has 3 N–H and O–H groups in total. The van der Waals surface area contributed by atoms with Crippen molar-refractivity contribution in [2.45, 2.75) is 17.9 Å². The van der Waals surface area contributed by atoms with E-state index in [0.29, 0.717) is 32.5 Å². The van der Waals surface area contributed by atoms with Crippen molar-refractivity contribution in [3.8, 4) is 0 Å². The van der Waals surface area contributed by atoms with Crippen LogP contribution >= 0.6 is 11.6 Å². The molecular weight excluding hydrogens is 330 g/mol. The summed E-state index contributed by atoms with van der Waals surface area (Å²) in [6.45, 7) is 1.24. The zero-order valence-electron chi connectivity index (χ0n) is 12.3. The number of nitrogens with two attached hydrogens (primary N) is 1. The number of hydrogen-bond donors (Lipinski definition) is 2. The molecule has 2 rings (SSSR count). The molecular formula is C12H20ClN5O3S. The molecule has 0 aromatic carbocycles. The van der Waals surface area contributed by atoms with E-state index in [1.165, 1.54) is 22.2 Å². The quantitative estimate of drug-likeness (QED) is 0.748. The lowest BCUT2D eigenvalue weighted by atomic mass is 9.99. The van der Waals surface area contributed by atoms with Crippen molar-refractivity contribution < 1.29 is 13.2 Å². The molecule has 124 valence electrons. The van der Waals surface area contributed by atoms with Crippen LogP contribution in [0.25, 0.3) is 0 Å². The molecule has 1 aromatic rings. The topological polar surface area (TPSA) is 110 Å². The number of carbonyl (C=O) groups excluding carboxylic acids is 1. The van der Waals surface area contributed by atoms with Crippen molar-refractivity contribution in [2.24, 2.45) is 18.7 Å². The van der Waals surface area contributed by atoms with E-state index in [4.69, 9.17) is 17.3 Å². The molecule has 1 aliphatic rings. The summed E-state index contributed by atoms with van der Waals surface area (Å²) in [6, 6.07) is 0. The first kappa shape index (κ1) is 17.2. The van der Waals surface area contributed by atoms with E-state index in [2.05, 4.69) is 10.4 Å². The van der Waals surface area contributed by atoms with E-state index in [-0.39, 0.29) is 28.4 Å².